The minimum absolute atomic E-state index is 0.0839. The van der Waals surface area contributed by atoms with Crippen molar-refractivity contribution < 1.29 is 9.84 Å². The van der Waals surface area contributed by atoms with Crippen molar-refractivity contribution in [3.8, 4) is 11.6 Å². The summed E-state index contributed by atoms with van der Waals surface area (Å²) in [6.07, 6.45) is 0.921. The zero-order valence-electron chi connectivity index (χ0n) is 13.8. The smallest absolute Gasteiger partial charge is 0.222 e. The van der Waals surface area contributed by atoms with E-state index in [1.807, 2.05) is 43.3 Å². The van der Waals surface area contributed by atoms with E-state index in [4.69, 9.17) is 4.74 Å². The van der Waals surface area contributed by atoms with E-state index in [2.05, 4.69) is 12.1 Å². The number of ether oxygens (including phenoxy) is 1. The fourth-order valence-electron chi connectivity index (χ4n) is 2.96. The minimum Gasteiger partial charge on any atom is -0.493 e. The Bertz CT molecular complexity index is 884. The highest BCUT2D eigenvalue weighted by atomic mass is 16.5. The molecule has 124 valence electrons. The number of rotatable bonds is 6. The van der Waals surface area contributed by atoms with Gasteiger partial charge in [-0.05, 0) is 30.2 Å². The zero-order chi connectivity index (χ0) is 17.1. The molecule has 5 heteroatoms. The van der Waals surface area contributed by atoms with Gasteiger partial charge in [-0.25, -0.2) is 0 Å². The van der Waals surface area contributed by atoms with Crippen LogP contribution in [0, 0.1) is 11.8 Å². The molecule has 1 aromatic heterocycles. The summed E-state index contributed by atoms with van der Waals surface area (Å²) >= 11 is 0. The molecule has 1 N–H and O–H groups in total. The Labute approximate surface area is 140 Å². The molecule has 0 aliphatic carbocycles. The molecule has 0 fully saturated rings. The van der Waals surface area contributed by atoms with Gasteiger partial charge in [0.25, 0.3) is 0 Å². The van der Waals surface area contributed by atoms with Crippen LogP contribution in [0.3, 0.4) is 0 Å². The van der Waals surface area contributed by atoms with Crippen LogP contribution >= 0.6 is 0 Å². The maximum atomic E-state index is 11.2. The van der Waals surface area contributed by atoms with Gasteiger partial charge in [0.15, 0.2) is 5.69 Å². The summed E-state index contributed by atoms with van der Waals surface area (Å²) in [6.45, 7) is 5.05. The van der Waals surface area contributed by atoms with E-state index in [-0.39, 0.29) is 11.6 Å². The molecule has 0 spiro atoms. The molecule has 0 radical (unpaired) electrons. The molecule has 3 rings (SSSR count). The van der Waals surface area contributed by atoms with Crippen LogP contribution in [0.5, 0.6) is 11.6 Å². The van der Waals surface area contributed by atoms with Crippen molar-refractivity contribution >= 4 is 16.6 Å². The third-order valence-electron chi connectivity index (χ3n) is 4.08. The topological polar surface area (TPSA) is 63.8 Å². The summed E-state index contributed by atoms with van der Waals surface area (Å²) in [5.74, 6) is 0.675. The van der Waals surface area contributed by atoms with Crippen molar-refractivity contribution in [1.82, 2.24) is 4.57 Å². The maximum Gasteiger partial charge on any atom is 0.222 e. The molecular formula is C19H20N2O3. The molecule has 3 aromatic rings. The molecule has 0 unspecified atom stereocenters. The van der Waals surface area contributed by atoms with E-state index in [9.17, 15) is 10.0 Å². The van der Waals surface area contributed by atoms with Crippen LogP contribution in [0.1, 0.15) is 24.5 Å². The third-order valence-corrected chi connectivity index (χ3v) is 4.08. The molecule has 0 saturated heterocycles. The number of hydrogen-bond acceptors (Lipinski definition) is 4. The van der Waals surface area contributed by atoms with Crippen molar-refractivity contribution in [2.75, 3.05) is 6.61 Å². The molecule has 0 atom stereocenters. The van der Waals surface area contributed by atoms with Gasteiger partial charge >= 0.3 is 0 Å². The van der Waals surface area contributed by atoms with Crippen LogP contribution in [-0.2, 0) is 6.54 Å². The fourth-order valence-corrected chi connectivity index (χ4v) is 2.96. The third kappa shape index (κ3) is 2.73. The van der Waals surface area contributed by atoms with Crippen LogP contribution in [-0.4, -0.2) is 16.3 Å². The van der Waals surface area contributed by atoms with Gasteiger partial charge in [-0.3, -0.25) is 0 Å². The minimum atomic E-state index is -0.111. The monoisotopic (exact) mass is 324 g/mol. The molecule has 5 nitrogen and oxygen atoms in total. The van der Waals surface area contributed by atoms with Crippen LogP contribution in [0.15, 0.2) is 47.6 Å². The first-order chi connectivity index (χ1) is 11.7. The average molecular weight is 324 g/mol. The van der Waals surface area contributed by atoms with Crippen molar-refractivity contribution in [2.24, 2.45) is 5.18 Å². The van der Waals surface area contributed by atoms with Gasteiger partial charge in [-0.15, -0.1) is 4.91 Å². The van der Waals surface area contributed by atoms with Crippen LogP contribution in [0.2, 0.25) is 0 Å². The van der Waals surface area contributed by atoms with Crippen LogP contribution in [0.25, 0.3) is 10.9 Å². The van der Waals surface area contributed by atoms with E-state index in [0.29, 0.717) is 18.5 Å². The van der Waals surface area contributed by atoms with E-state index >= 15 is 0 Å². The lowest BCUT2D eigenvalue weighted by molar-refractivity contribution is 0.313. The highest BCUT2D eigenvalue weighted by molar-refractivity contribution is 5.96. The molecule has 0 amide bonds. The summed E-state index contributed by atoms with van der Waals surface area (Å²) in [7, 11) is 0. The quantitative estimate of drug-likeness (QED) is 0.657. The molecule has 0 aliphatic rings. The zero-order valence-corrected chi connectivity index (χ0v) is 13.8. The largest absolute Gasteiger partial charge is 0.493 e. The van der Waals surface area contributed by atoms with Gasteiger partial charge in [0.1, 0.15) is 5.75 Å². The lowest BCUT2D eigenvalue weighted by atomic mass is 10.1. The highest BCUT2D eigenvalue weighted by Crippen LogP contribution is 2.40. The summed E-state index contributed by atoms with van der Waals surface area (Å²) in [4.78, 5) is 11.2. The Hall–Kier alpha value is -2.82. The molecule has 1 heterocycles. The van der Waals surface area contributed by atoms with Gasteiger partial charge in [0.05, 0.1) is 18.7 Å². The van der Waals surface area contributed by atoms with Gasteiger partial charge in [0, 0.05) is 10.9 Å². The van der Waals surface area contributed by atoms with Gasteiger partial charge in [-0.2, -0.15) is 0 Å². The van der Waals surface area contributed by atoms with Crippen molar-refractivity contribution in [1.29, 1.82) is 0 Å². The van der Waals surface area contributed by atoms with Crippen molar-refractivity contribution in [2.45, 2.75) is 26.8 Å². The normalized spacial score (nSPS) is 10.9. The predicted molar refractivity (Wildman–Crippen MR) is 95.1 cm³/mol. The summed E-state index contributed by atoms with van der Waals surface area (Å²) in [6, 6.07) is 13.3. The number of benzene rings is 2. The molecule has 0 aliphatic heterocycles. The van der Waals surface area contributed by atoms with E-state index in [1.54, 1.807) is 10.6 Å². The average Bonchev–Trinajstić information content (AvgIpc) is 2.86. The van der Waals surface area contributed by atoms with E-state index in [0.717, 1.165) is 28.8 Å². The second-order valence-electron chi connectivity index (χ2n) is 5.78. The molecular weight excluding hydrogens is 304 g/mol. The molecule has 0 saturated carbocycles. The van der Waals surface area contributed by atoms with Gasteiger partial charge < -0.3 is 14.4 Å². The standard InChI is InChI=1S/C19H20N2O3/c1-3-11-24-16-10-5-4-8-14(16)12-21-18-13(2)7-6-9-15(18)17(20-23)19(21)22/h4-10,22H,3,11-12H2,1-2H3. The Morgan fingerprint density at radius 3 is 2.71 bits per heavy atom. The lowest BCUT2D eigenvalue weighted by Crippen LogP contribution is -2.04. The van der Waals surface area contributed by atoms with Crippen molar-refractivity contribution in [3.05, 3.63) is 58.5 Å². The number of nitroso groups, excluding NO2 is 1. The second-order valence-corrected chi connectivity index (χ2v) is 5.78. The van der Waals surface area contributed by atoms with Crippen LogP contribution in [0.4, 0.5) is 5.69 Å². The first-order valence-corrected chi connectivity index (χ1v) is 8.02. The maximum absolute atomic E-state index is 11.2. The number of hydrogen-bond donors (Lipinski definition) is 1. The van der Waals surface area contributed by atoms with E-state index < -0.39 is 0 Å². The molecule has 2 aromatic carbocycles. The number of aromatic hydroxyl groups is 1. The number of nitrogens with zero attached hydrogens (tertiary/aromatic N) is 2. The van der Waals surface area contributed by atoms with E-state index in [1.165, 1.54) is 0 Å². The first kappa shape index (κ1) is 16.1. The highest BCUT2D eigenvalue weighted by Gasteiger charge is 2.19. The number of aromatic nitrogens is 1. The van der Waals surface area contributed by atoms with Gasteiger partial charge in [-0.1, -0.05) is 43.3 Å². The fraction of sp³-hybridized carbons (Fsp3) is 0.263. The second kappa shape index (κ2) is 6.74. The Morgan fingerprint density at radius 1 is 1.17 bits per heavy atom. The van der Waals surface area contributed by atoms with Crippen LogP contribution < -0.4 is 4.74 Å². The number of aryl methyl sites for hydroxylation is 1. The summed E-state index contributed by atoms with van der Waals surface area (Å²) in [5, 5.41) is 14.2. The summed E-state index contributed by atoms with van der Waals surface area (Å²) in [5.41, 5.74) is 2.82. The Kier molecular flexibility index (Phi) is 4.51. The lowest BCUT2D eigenvalue weighted by Gasteiger charge is -2.13. The van der Waals surface area contributed by atoms with Gasteiger partial charge in [0.2, 0.25) is 5.88 Å². The first-order valence-electron chi connectivity index (χ1n) is 8.02. The Morgan fingerprint density at radius 2 is 1.96 bits per heavy atom. The predicted octanol–water partition coefficient (Wildman–Crippen LogP) is 4.89. The number of fused-ring (bicyclic) bond motifs is 1. The molecule has 0 bridgehead atoms. The molecule has 24 heavy (non-hydrogen) atoms. The SMILES string of the molecule is CCCOc1ccccc1Cn1c(O)c(N=O)c2cccc(C)c21. The summed E-state index contributed by atoms with van der Waals surface area (Å²) < 4.78 is 7.51. The van der Waals surface area contributed by atoms with Crippen molar-refractivity contribution in [3.63, 3.8) is 0 Å². The number of para-hydroxylation sites is 2. The Balaban J connectivity index is 2.12.